The Bertz CT molecular complexity index is 644. The average molecular weight is 243 g/mol. The number of fused-ring (bicyclic) bond motifs is 1. The highest BCUT2D eigenvalue weighted by atomic mass is 16.3. The van der Waals surface area contributed by atoms with Crippen molar-refractivity contribution >= 4 is 17.3 Å². The van der Waals surface area contributed by atoms with E-state index < -0.39 is 0 Å². The molecule has 3 aromatic rings. The van der Waals surface area contributed by atoms with E-state index in [2.05, 4.69) is 20.6 Å². The third-order valence-electron chi connectivity index (χ3n) is 2.67. The van der Waals surface area contributed by atoms with Crippen molar-refractivity contribution in [2.75, 3.05) is 17.7 Å². The van der Waals surface area contributed by atoms with Crippen LogP contribution >= 0.6 is 0 Å². The number of hydrogen-bond donors (Lipinski definition) is 2. The van der Waals surface area contributed by atoms with Gasteiger partial charge in [-0.1, -0.05) is 0 Å². The molecule has 0 atom stereocenters. The summed E-state index contributed by atoms with van der Waals surface area (Å²) in [6.07, 6.45) is 8.89. The number of nitrogens with zero attached hydrogens (tertiary/aromatic N) is 3. The predicted molar refractivity (Wildman–Crippen MR) is 68.6 cm³/mol. The summed E-state index contributed by atoms with van der Waals surface area (Å²) in [7, 11) is 1.84. The predicted octanol–water partition coefficient (Wildman–Crippen LogP) is 1.98. The van der Waals surface area contributed by atoms with E-state index in [0.29, 0.717) is 6.54 Å². The maximum atomic E-state index is 5.03. The molecule has 0 aromatic carbocycles. The quantitative estimate of drug-likeness (QED) is 0.733. The molecule has 3 aromatic heterocycles. The number of furan rings is 1. The molecule has 0 aliphatic rings. The molecular weight excluding hydrogens is 230 g/mol. The smallest absolute Gasteiger partial charge is 0.180 e. The van der Waals surface area contributed by atoms with Gasteiger partial charge >= 0.3 is 0 Å². The molecule has 0 amide bonds. The van der Waals surface area contributed by atoms with Crippen LogP contribution in [0.15, 0.2) is 41.6 Å². The molecule has 0 unspecified atom stereocenters. The topological polar surface area (TPSA) is 67.4 Å². The average Bonchev–Trinajstić information content (AvgIpc) is 3.06. The molecule has 0 bridgehead atoms. The summed E-state index contributed by atoms with van der Waals surface area (Å²) in [5.41, 5.74) is 1.87. The van der Waals surface area contributed by atoms with Crippen molar-refractivity contribution in [2.45, 2.75) is 6.54 Å². The van der Waals surface area contributed by atoms with Crippen LogP contribution in [0, 0.1) is 0 Å². The number of aromatic nitrogens is 3. The zero-order valence-electron chi connectivity index (χ0n) is 9.92. The van der Waals surface area contributed by atoms with E-state index in [4.69, 9.17) is 4.42 Å². The first-order chi connectivity index (χ1) is 8.86. The molecular formula is C12H13N5O. The number of nitrogens with one attached hydrogen (secondary N) is 2. The molecule has 0 aliphatic heterocycles. The zero-order valence-corrected chi connectivity index (χ0v) is 9.92. The van der Waals surface area contributed by atoms with E-state index in [1.54, 1.807) is 18.7 Å². The van der Waals surface area contributed by atoms with Crippen LogP contribution in [0.25, 0.3) is 5.65 Å². The summed E-state index contributed by atoms with van der Waals surface area (Å²) in [5, 5.41) is 6.28. The van der Waals surface area contributed by atoms with Crippen LogP contribution in [0.2, 0.25) is 0 Å². The van der Waals surface area contributed by atoms with Crippen molar-refractivity contribution in [1.29, 1.82) is 0 Å². The van der Waals surface area contributed by atoms with Gasteiger partial charge in [0.1, 0.15) is 5.82 Å². The molecule has 18 heavy (non-hydrogen) atoms. The second-order valence-electron chi connectivity index (χ2n) is 3.87. The third-order valence-corrected chi connectivity index (χ3v) is 2.67. The number of anilines is 2. The Kier molecular flexibility index (Phi) is 2.60. The molecule has 6 nitrogen and oxygen atoms in total. The first-order valence-electron chi connectivity index (χ1n) is 5.63. The summed E-state index contributed by atoms with van der Waals surface area (Å²) in [6, 6.07) is 1.91. The lowest BCUT2D eigenvalue weighted by Crippen LogP contribution is -2.05. The molecule has 3 heterocycles. The van der Waals surface area contributed by atoms with Gasteiger partial charge in [0.2, 0.25) is 0 Å². The molecule has 3 rings (SSSR count). The first-order valence-corrected chi connectivity index (χ1v) is 5.63. The standard InChI is InChI=1S/C12H13N5O/c1-13-10-7-17-4-3-14-12(17)11(16-10)15-6-9-2-5-18-8-9/h2-5,7-8,13H,6H2,1H3,(H,15,16). The summed E-state index contributed by atoms with van der Waals surface area (Å²) in [6.45, 7) is 0.652. The fourth-order valence-electron chi connectivity index (χ4n) is 1.75. The zero-order chi connectivity index (χ0) is 12.4. The van der Waals surface area contributed by atoms with Crippen molar-refractivity contribution in [3.8, 4) is 0 Å². The minimum absolute atomic E-state index is 0.652. The van der Waals surface area contributed by atoms with Gasteiger partial charge in [-0.3, -0.25) is 0 Å². The van der Waals surface area contributed by atoms with Gasteiger partial charge in [-0.25, -0.2) is 9.97 Å². The number of rotatable bonds is 4. The Morgan fingerprint density at radius 3 is 3.17 bits per heavy atom. The van der Waals surface area contributed by atoms with E-state index in [-0.39, 0.29) is 0 Å². The Hall–Kier alpha value is -2.50. The second kappa shape index (κ2) is 4.40. The van der Waals surface area contributed by atoms with Gasteiger partial charge in [-0.15, -0.1) is 0 Å². The van der Waals surface area contributed by atoms with E-state index in [1.165, 1.54) is 0 Å². The lowest BCUT2D eigenvalue weighted by Gasteiger charge is -2.08. The van der Waals surface area contributed by atoms with E-state index in [9.17, 15) is 0 Å². The fourth-order valence-corrected chi connectivity index (χ4v) is 1.75. The molecule has 0 fully saturated rings. The van der Waals surface area contributed by atoms with Gasteiger partial charge in [-0.2, -0.15) is 0 Å². The maximum absolute atomic E-state index is 5.03. The van der Waals surface area contributed by atoms with Gasteiger partial charge in [0.05, 0.1) is 18.7 Å². The molecule has 6 heteroatoms. The monoisotopic (exact) mass is 243 g/mol. The molecule has 0 radical (unpaired) electrons. The van der Waals surface area contributed by atoms with Crippen molar-refractivity contribution in [3.63, 3.8) is 0 Å². The van der Waals surface area contributed by atoms with Gasteiger partial charge in [0.15, 0.2) is 11.5 Å². The highest BCUT2D eigenvalue weighted by Gasteiger charge is 2.06. The Morgan fingerprint density at radius 2 is 2.39 bits per heavy atom. The van der Waals surface area contributed by atoms with Crippen LogP contribution in [0.4, 0.5) is 11.6 Å². The second-order valence-corrected chi connectivity index (χ2v) is 3.87. The molecule has 2 N–H and O–H groups in total. The molecule has 0 saturated heterocycles. The summed E-state index contributed by atoms with van der Waals surface area (Å²) < 4.78 is 6.95. The van der Waals surface area contributed by atoms with Crippen LogP contribution in [0.3, 0.4) is 0 Å². The van der Waals surface area contributed by atoms with Gasteiger partial charge in [0, 0.05) is 31.5 Å². The minimum atomic E-state index is 0.652. The summed E-state index contributed by atoms with van der Waals surface area (Å²) in [4.78, 5) is 8.74. The molecule has 0 aliphatic carbocycles. The Labute approximate surface area is 104 Å². The number of hydrogen-bond acceptors (Lipinski definition) is 5. The molecule has 92 valence electrons. The van der Waals surface area contributed by atoms with Crippen molar-refractivity contribution in [1.82, 2.24) is 14.4 Å². The van der Waals surface area contributed by atoms with Crippen molar-refractivity contribution in [2.24, 2.45) is 0 Å². The lowest BCUT2D eigenvalue weighted by atomic mass is 10.3. The molecule has 0 spiro atoms. The van der Waals surface area contributed by atoms with Crippen LogP contribution in [-0.4, -0.2) is 21.4 Å². The number of imidazole rings is 1. The fraction of sp³-hybridized carbons (Fsp3) is 0.167. The largest absolute Gasteiger partial charge is 0.472 e. The van der Waals surface area contributed by atoms with E-state index >= 15 is 0 Å². The third kappa shape index (κ3) is 1.88. The van der Waals surface area contributed by atoms with Crippen molar-refractivity contribution in [3.05, 3.63) is 42.7 Å². The van der Waals surface area contributed by atoms with Crippen LogP contribution in [-0.2, 0) is 6.54 Å². The minimum Gasteiger partial charge on any atom is -0.472 e. The van der Waals surface area contributed by atoms with E-state index in [0.717, 1.165) is 22.8 Å². The van der Waals surface area contributed by atoms with Gasteiger partial charge < -0.3 is 19.5 Å². The normalized spacial score (nSPS) is 10.7. The van der Waals surface area contributed by atoms with Crippen LogP contribution in [0.1, 0.15) is 5.56 Å². The van der Waals surface area contributed by atoms with Crippen molar-refractivity contribution < 1.29 is 4.42 Å². The molecule has 0 saturated carbocycles. The highest BCUT2D eigenvalue weighted by molar-refractivity contribution is 5.65. The SMILES string of the molecule is CNc1cn2ccnc2c(NCc2ccoc2)n1. The van der Waals surface area contributed by atoms with Crippen LogP contribution in [0.5, 0.6) is 0 Å². The summed E-state index contributed by atoms with van der Waals surface area (Å²) in [5.74, 6) is 1.53. The Morgan fingerprint density at radius 1 is 1.44 bits per heavy atom. The van der Waals surface area contributed by atoms with Crippen LogP contribution < -0.4 is 10.6 Å². The first kappa shape index (κ1) is 10.6. The van der Waals surface area contributed by atoms with E-state index in [1.807, 2.05) is 29.9 Å². The summed E-state index contributed by atoms with van der Waals surface area (Å²) >= 11 is 0. The highest BCUT2D eigenvalue weighted by Crippen LogP contribution is 2.16. The lowest BCUT2D eigenvalue weighted by molar-refractivity contribution is 0.564. The van der Waals surface area contributed by atoms with Gasteiger partial charge in [-0.05, 0) is 6.07 Å². The maximum Gasteiger partial charge on any atom is 0.180 e. The Balaban J connectivity index is 1.92. The van der Waals surface area contributed by atoms with Gasteiger partial charge in [0.25, 0.3) is 0 Å².